The van der Waals surface area contributed by atoms with Gasteiger partial charge < -0.3 is 4.42 Å². The molecule has 29 heavy (non-hydrogen) atoms. The van der Waals surface area contributed by atoms with E-state index in [1.54, 1.807) is 4.68 Å². The van der Waals surface area contributed by atoms with Gasteiger partial charge in [0.15, 0.2) is 5.76 Å². The first-order valence-corrected chi connectivity index (χ1v) is 9.27. The van der Waals surface area contributed by atoms with Crippen LogP contribution in [0.4, 0.5) is 10.7 Å². The number of carbonyl (C=O) groups excluding carboxylic acids is 2. The molecule has 12 nitrogen and oxygen atoms in total. The number of amides is 3. The quantitative estimate of drug-likeness (QED) is 0.255. The van der Waals surface area contributed by atoms with E-state index < -0.39 is 16.8 Å². The molecule has 0 N–H and O–H groups in total. The number of nitrogens with zero attached hydrogens (tertiary/aromatic N) is 7. The number of carbonyl (C=O) groups is 2. The van der Waals surface area contributed by atoms with E-state index in [-0.39, 0.29) is 24.8 Å². The molecule has 0 bridgehead atoms. The number of imide groups is 1. The van der Waals surface area contributed by atoms with Gasteiger partial charge in [-0.15, -0.1) is 5.10 Å². The van der Waals surface area contributed by atoms with Gasteiger partial charge in [-0.2, -0.15) is 5.10 Å². The van der Waals surface area contributed by atoms with Crippen molar-refractivity contribution < 1.29 is 18.9 Å². The molecule has 0 radical (unpaired) electrons. The van der Waals surface area contributed by atoms with E-state index in [1.165, 1.54) is 12.1 Å². The average molecular weight is 403 g/mol. The number of aryl methyl sites for hydroxylation is 2. The molecule has 3 rings (SSSR count). The Hall–Kier alpha value is -3.57. The van der Waals surface area contributed by atoms with Crippen LogP contribution in [0, 0.1) is 10.1 Å². The predicted molar refractivity (Wildman–Crippen MR) is 100 cm³/mol. The second kappa shape index (κ2) is 9.08. The standard InChI is InChI=1S/C17H21N7O5/c1-2-3-5-13-11-21(20-19-13)8-4-9-22-15(25)12-23(17(22)26)18-10-14-6-7-16(29-14)24(27)28/h6-7,10-11H,2-5,8-9,12H2,1H3/b18-10+. The third-order valence-corrected chi connectivity index (χ3v) is 4.30. The van der Waals surface area contributed by atoms with Crippen molar-refractivity contribution >= 4 is 24.0 Å². The zero-order valence-corrected chi connectivity index (χ0v) is 15.9. The Balaban J connectivity index is 1.50. The largest absolute Gasteiger partial charge is 0.433 e. The normalized spacial score (nSPS) is 14.5. The molecule has 0 aromatic carbocycles. The molecule has 2 aromatic heterocycles. The van der Waals surface area contributed by atoms with Gasteiger partial charge in [-0.05, 0) is 25.3 Å². The van der Waals surface area contributed by atoms with Crippen LogP contribution in [0.3, 0.4) is 0 Å². The summed E-state index contributed by atoms with van der Waals surface area (Å²) in [5.41, 5.74) is 0.929. The van der Waals surface area contributed by atoms with Gasteiger partial charge in [0.1, 0.15) is 11.5 Å². The van der Waals surface area contributed by atoms with Crippen LogP contribution in [0.1, 0.15) is 37.6 Å². The molecule has 154 valence electrons. The maximum Gasteiger partial charge on any atom is 0.433 e. The van der Waals surface area contributed by atoms with E-state index in [1.807, 2.05) is 6.20 Å². The monoisotopic (exact) mass is 403 g/mol. The summed E-state index contributed by atoms with van der Waals surface area (Å²) in [7, 11) is 0. The van der Waals surface area contributed by atoms with Gasteiger partial charge in [0.25, 0.3) is 5.91 Å². The van der Waals surface area contributed by atoms with Gasteiger partial charge in [0.2, 0.25) is 0 Å². The van der Waals surface area contributed by atoms with Crippen molar-refractivity contribution in [3.8, 4) is 0 Å². The number of urea groups is 1. The van der Waals surface area contributed by atoms with E-state index >= 15 is 0 Å². The Morgan fingerprint density at radius 1 is 1.31 bits per heavy atom. The number of hydrogen-bond acceptors (Lipinski definition) is 8. The number of furan rings is 1. The van der Waals surface area contributed by atoms with Crippen molar-refractivity contribution in [2.75, 3.05) is 13.1 Å². The number of rotatable bonds is 10. The Bertz CT molecular complexity index is 919. The molecule has 12 heteroatoms. The van der Waals surface area contributed by atoms with Gasteiger partial charge in [-0.1, -0.05) is 18.6 Å². The summed E-state index contributed by atoms with van der Waals surface area (Å²) in [5.74, 6) is -0.678. The summed E-state index contributed by atoms with van der Waals surface area (Å²) in [6, 6.07) is 1.99. The molecule has 3 heterocycles. The molecule has 0 aliphatic carbocycles. The molecule has 1 fully saturated rings. The van der Waals surface area contributed by atoms with E-state index in [9.17, 15) is 19.7 Å². The highest BCUT2D eigenvalue weighted by molar-refractivity contribution is 6.02. The fourth-order valence-electron chi connectivity index (χ4n) is 2.79. The Kier molecular flexibility index (Phi) is 6.32. The lowest BCUT2D eigenvalue weighted by molar-refractivity contribution is -0.402. The summed E-state index contributed by atoms with van der Waals surface area (Å²) in [4.78, 5) is 35.5. The Labute approximate surface area is 165 Å². The number of aromatic nitrogens is 3. The van der Waals surface area contributed by atoms with Crippen LogP contribution < -0.4 is 0 Å². The molecule has 1 aliphatic rings. The van der Waals surface area contributed by atoms with E-state index in [4.69, 9.17) is 4.42 Å². The highest BCUT2D eigenvalue weighted by Crippen LogP contribution is 2.15. The lowest BCUT2D eigenvalue weighted by atomic mass is 10.2. The van der Waals surface area contributed by atoms with Gasteiger partial charge in [-0.3, -0.25) is 24.5 Å². The van der Waals surface area contributed by atoms with Crippen LogP contribution in [0.5, 0.6) is 0 Å². The van der Waals surface area contributed by atoms with Gasteiger partial charge >= 0.3 is 11.9 Å². The maximum absolute atomic E-state index is 12.4. The maximum atomic E-state index is 12.4. The molecule has 1 aliphatic heterocycles. The van der Waals surface area contributed by atoms with Crippen molar-refractivity contribution in [1.82, 2.24) is 24.9 Å². The lowest BCUT2D eigenvalue weighted by Gasteiger charge is -2.13. The summed E-state index contributed by atoms with van der Waals surface area (Å²) in [6.45, 7) is 2.69. The second-order valence-electron chi connectivity index (χ2n) is 6.49. The first-order chi connectivity index (χ1) is 14.0. The van der Waals surface area contributed by atoms with E-state index in [0.717, 1.165) is 41.1 Å². The molecular weight excluding hydrogens is 382 g/mol. The Morgan fingerprint density at radius 2 is 2.14 bits per heavy atom. The summed E-state index contributed by atoms with van der Waals surface area (Å²) in [5, 5.41) is 23.6. The minimum atomic E-state index is -0.675. The van der Waals surface area contributed by atoms with Gasteiger partial charge in [-0.25, -0.2) is 9.80 Å². The second-order valence-corrected chi connectivity index (χ2v) is 6.49. The smallest absolute Gasteiger partial charge is 0.400 e. The van der Waals surface area contributed by atoms with Crippen molar-refractivity contribution in [1.29, 1.82) is 0 Å². The molecule has 3 amide bonds. The third-order valence-electron chi connectivity index (χ3n) is 4.30. The van der Waals surface area contributed by atoms with Gasteiger partial charge in [0.05, 0.1) is 18.0 Å². The third kappa shape index (κ3) is 5.03. The van der Waals surface area contributed by atoms with Crippen molar-refractivity contribution in [2.45, 2.75) is 39.2 Å². The SMILES string of the molecule is CCCCc1cn(CCCN2C(=O)CN(/N=C/c3ccc([N+](=O)[O-])o3)C2=O)nn1. The van der Waals surface area contributed by atoms with Crippen molar-refractivity contribution in [3.63, 3.8) is 0 Å². The van der Waals surface area contributed by atoms with Gasteiger partial charge in [0, 0.05) is 19.3 Å². The number of unbranched alkanes of at least 4 members (excludes halogenated alkanes) is 1. The van der Waals surface area contributed by atoms with Crippen molar-refractivity contribution in [2.24, 2.45) is 5.10 Å². The van der Waals surface area contributed by atoms with Crippen LogP contribution in [-0.2, 0) is 17.8 Å². The zero-order chi connectivity index (χ0) is 20.8. The number of hydrazone groups is 1. The van der Waals surface area contributed by atoms with Crippen LogP contribution in [-0.4, -0.2) is 61.1 Å². The van der Waals surface area contributed by atoms with Crippen molar-refractivity contribution in [3.05, 3.63) is 39.9 Å². The molecule has 0 spiro atoms. The van der Waals surface area contributed by atoms with Crippen LogP contribution in [0.2, 0.25) is 0 Å². The van der Waals surface area contributed by atoms with Crippen LogP contribution in [0.15, 0.2) is 27.8 Å². The number of nitro groups is 1. The fourth-order valence-corrected chi connectivity index (χ4v) is 2.79. The topological polar surface area (TPSA) is 140 Å². The molecule has 0 saturated carbocycles. The molecular formula is C17H21N7O5. The Morgan fingerprint density at radius 3 is 2.86 bits per heavy atom. The first kappa shape index (κ1) is 20.2. The van der Waals surface area contributed by atoms with Crippen LogP contribution >= 0.6 is 0 Å². The molecule has 1 saturated heterocycles. The highest BCUT2D eigenvalue weighted by atomic mass is 16.6. The number of hydrogen-bond donors (Lipinski definition) is 0. The lowest BCUT2D eigenvalue weighted by Crippen LogP contribution is -2.32. The zero-order valence-electron chi connectivity index (χ0n) is 15.9. The minimum Gasteiger partial charge on any atom is -0.400 e. The summed E-state index contributed by atoms with van der Waals surface area (Å²) >= 11 is 0. The fraction of sp³-hybridized carbons (Fsp3) is 0.471. The van der Waals surface area contributed by atoms with E-state index in [0.29, 0.717) is 13.0 Å². The molecule has 0 unspecified atom stereocenters. The van der Waals surface area contributed by atoms with E-state index in [2.05, 4.69) is 22.3 Å². The first-order valence-electron chi connectivity index (χ1n) is 9.27. The average Bonchev–Trinajstić information content (AvgIpc) is 3.40. The minimum absolute atomic E-state index is 0.112. The molecule has 2 aromatic rings. The predicted octanol–water partition coefficient (Wildman–Crippen LogP) is 1.81. The highest BCUT2D eigenvalue weighted by Gasteiger charge is 2.35. The summed E-state index contributed by atoms with van der Waals surface area (Å²) < 4.78 is 6.64. The summed E-state index contributed by atoms with van der Waals surface area (Å²) in [6.07, 6.45) is 6.59. The van der Waals surface area contributed by atoms with Crippen LogP contribution in [0.25, 0.3) is 0 Å². The molecule has 0 atom stereocenters.